The summed E-state index contributed by atoms with van der Waals surface area (Å²) in [6.45, 7) is 2.75. The van der Waals surface area contributed by atoms with Crippen LogP contribution < -0.4 is 0 Å². The van der Waals surface area contributed by atoms with Crippen LogP contribution in [0.3, 0.4) is 0 Å². The van der Waals surface area contributed by atoms with Gasteiger partial charge in [0.15, 0.2) is 5.82 Å². The third-order valence-electron chi connectivity index (χ3n) is 5.85. The van der Waals surface area contributed by atoms with Crippen molar-refractivity contribution < 1.29 is 9.32 Å². The van der Waals surface area contributed by atoms with Gasteiger partial charge in [0, 0.05) is 31.1 Å². The molecule has 0 spiro atoms. The number of aromatic nitrogens is 2. The van der Waals surface area contributed by atoms with Gasteiger partial charge in [0.2, 0.25) is 11.8 Å². The van der Waals surface area contributed by atoms with Gasteiger partial charge in [0.05, 0.1) is 0 Å². The number of likely N-dealkylation sites (N-methyl/N-ethyl adjacent to an activating group) is 1. The zero-order valence-corrected chi connectivity index (χ0v) is 15.1. The van der Waals surface area contributed by atoms with Crippen molar-refractivity contribution in [3.63, 3.8) is 0 Å². The lowest BCUT2D eigenvalue weighted by molar-refractivity contribution is -0.138. The minimum Gasteiger partial charge on any atom is -0.337 e. The first-order chi connectivity index (χ1) is 12.2. The lowest BCUT2D eigenvalue weighted by Gasteiger charge is -2.29. The van der Waals surface area contributed by atoms with E-state index in [0.717, 1.165) is 57.3 Å². The number of nitrogens with zero attached hydrogens (tertiary/aromatic N) is 4. The Morgan fingerprint density at radius 2 is 2.00 bits per heavy atom. The molecule has 0 aromatic carbocycles. The van der Waals surface area contributed by atoms with Gasteiger partial charge in [0.1, 0.15) is 6.04 Å². The van der Waals surface area contributed by atoms with Crippen LogP contribution in [-0.4, -0.2) is 52.5 Å². The summed E-state index contributed by atoms with van der Waals surface area (Å²) in [6, 6.07) is -0.0300. The Labute approximate surface area is 149 Å². The lowest BCUT2D eigenvalue weighted by atomic mass is 9.88. The Hall–Kier alpha value is -1.69. The van der Waals surface area contributed by atoms with E-state index in [-0.39, 0.29) is 12.0 Å². The second-order valence-corrected chi connectivity index (χ2v) is 7.74. The topological polar surface area (TPSA) is 62.5 Å². The molecule has 0 radical (unpaired) electrons. The molecule has 25 heavy (non-hydrogen) atoms. The Bertz CT molecular complexity index is 648. The van der Waals surface area contributed by atoms with E-state index in [4.69, 9.17) is 4.52 Å². The smallest absolute Gasteiger partial charge is 0.249 e. The van der Waals surface area contributed by atoms with Gasteiger partial charge in [0.25, 0.3) is 0 Å². The largest absolute Gasteiger partial charge is 0.337 e. The van der Waals surface area contributed by atoms with E-state index in [1.54, 1.807) is 0 Å². The van der Waals surface area contributed by atoms with Gasteiger partial charge in [-0.05, 0) is 39.2 Å². The van der Waals surface area contributed by atoms with Crippen LogP contribution in [0.5, 0.6) is 0 Å². The molecule has 1 saturated carbocycles. The van der Waals surface area contributed by atoms with Gasteiger partial charge >= 0.3 is 0 Å². The van der Waals surface area contributed by atoms with E-state index >= 15 is 0 Å². The maximum absolute atomic E-state index is 13.0. The number of amides is 1. The normalized spacial score (nSPS) is 26.0. The Morgan fingerprint density at radius 3 is 2.80 bits per heavy atom. The molecule has 0 N–H and O–H groups in total. The van der Waals surface area contributed by atoms with Gasteiger partial charge in [-0.25, -0.2) is 0 Å². The SMILES string of the molecule is CN1CCC=C(c2noc([C@H]3CCCN3C(=O)C3CCCCC3)n2)C1. The summed E-state index contributed by atoms with van der Waals surface area (Å²) >= 11 is 0. The molecule has 0 bridgehead atoms. The molecular formula is C19H28N4O2. The number of carbonyl (C=O) groups is 1. The number of hydrogen-bond acceptors (Lipinski definition) is 5. The lowest BCUT2D eigenvalue weighted by Crippen LogP contribution is -2.36. The van der Waals surface area contributed by atoms with E-state index in [1.807, 2.05) is 4.90 Å². The van der Waals surface area contributed by atoms with Crippen molar-refractivity contribution in [1.82, 2.24) is 19.9 Å². The van der Waals surface area contributed by atoms with E-state index in [1.165, 1.54) is 19.3 Å². The van der Waals surface area contributed by atoms with E-state index in [0.29, 0.717) is 17.6 Å². The molecule has 1 atom stereocenters. The molecule has 0 unspecified atom stereocenters. The predicted octanol–water partition coefficient (Wildman–Crippen LogP) is 3.03. The number of carbonyl (C=O) groups excluding carboxylic acids is 1. The fourth-order valence-electron chi connectivity index (χ4n) is 4.43. The van der Waals surface area contributed by atoms with Crippen LogP contribution in [0.1, 0.15) is 69.1 Å². The number of rotatable bonds is 3. The highest BCUT2D eigenvalue weighted by Gasteiger charge is 2.37. The number of hydrogen-bond donors (Lipinski definition) is 0. The minimum atomic E-state index is -0.0300. The van der Waals surface area contributed by atoms with Crippen LogP contribution in [-0.2, 0) is 4.79 Å². The van der Waals surface area contributed by atoms with Crippen LogP contribution in [0.4, 0.5) is 0 Å². The summed E-state index contributed by atoms with van der Waals surface area (Å²) in [5, 5.41) is 4.21. The first-order valence-corrected chi connectivity index (χ1v) is 9.74. The van der Waals surface area contributed by atoms with E-state index < -0.39 is 0 Å². The highest BCUT2D eigenvalue weighted by Crippen LogP contribution is 2.35. The first-order valence-electron chi connectivity index (χ1n) is 9.74. The minimum absolute atomic E-state index is 0.0300. The number of likely N-dealkylation sites (tertiary alicyclic amines) is 1. The molecule has 6 heteroatoms. The second kappa shape index (κ2) is 7.28. The van der Waals surface area contributed by atoms with Gasteiger partial charge in [-0.1, -0.05) is 30.5 Å². The summed E-state index contributed by atoms with van der Waals surface area (Å²) in [6.07, 6.45) is 10.9. The monoisotopic (exact) mass is 344 g/mol. The Balaban J connectivity index is 1.49. The van der Waals surface area contributed by atoms with Crippen molar-refractivity contribution in [3.8, 4) is 0 Å². The third-order valence-corrected chi connectivity index (χ3v) is 5.85. The highest BCUT2D eigenvalue weighted by atomic mass is 16.5. The summed E-state index contributed by atoms with van der Waals surface area (Å²) in [5.74, 6) is 1.81. The zero-order valence-electron chi connectivity index (χ0n) is 15.1. The molecule has 1 amide bonds. The van der Waals surface area contributed by atoms with Crippen molar-refractivity contribution >= 4 is 11.5 Å². The van der Waals surface area contributed by atoms with Crippen molar-refractivity contribution in [2.45, 2.75) is 57.4 Å². The molecule has 1 aliphatic carbocycles. The van der Waals surface area contributed by atoms with Crippen LogP contribution in [0.15, 0.2) is 10.6 Å². The van der Waals surface area contributed by atoms with Gasteiger partial charge < -0.3 is 14.3 Å². The van der Waals surface area contributed by atoms with Crippen LogP contribution >= 0.6 is 0 Å². The molecule has 4 rings (SSSR count). The molecular weight excluding hydrogens is 316 g/mol. The summed E-state index contributed by atoms with van der Waals surface area (Å²) in [7, 11) is 2.11. The van der Waals surface area contributed by atoms with Crippen LogP contribution in [0.25, 0.3) is 5.57 Å². The molecule has 3 heterocycles. The molecule has 136 valence electrons. The van der Waals surface area contributed by atoms with Crippen molar-refractivity contribution in [3.05, 3.63) is 17.8 Å². The van der Waals surface area contributed by atoms with Crippen LogP contribution in [0, 0.1) is 5.92 Å². The summed E-state index contributed by atoms with van der Waals surface area (Å²) < 4.78 is 5.59. The van der Waals surface area contributed by atoms with E-state index in [2.05, 4.69) is 28.2 Å². The highest BCUT2D eigenvalue weighted by molar-refractivity contribution is 5.79. The van der Waals surface area contributed by atoms with Gasteiger partial charge in [-0.3, -0.25) is 4.79 Å². The molecule has 1 aromatic heterocycles. The van der Waals surface area contributed by atoms with Crippen molar-refractivity contribution in [2.75, 3.05) is 26.7 Å². The standard InChI is InChI=1S/C19H28N4O2/c1-22-11-5-9-15(13-22)17-20-18(25-21-17)16-10-6-12-23(16)19(24)14-7-3-2-4-8-14/h9,14,16H,2-8,10-13H2,1H3/t16-/m1/s1. The summed E-state index contributed by atoms with van der Waals surface area (Å²) in [4.78, 5) is 21.9. The van der Waals surface area contributed by atoms with E-state index in [9.17, 15) is 4.79 Å². The van der Waals surface area contributed by atoms with Crippen molar-refractivity contribution in [1.29, 1.82) is 0 Å². The molecule has 2 aliphatic heterocycles. The van der Waals surface area contributed by atoms with Crippen LogP contribution in [0.2, 0.25) is 0 Å². The maximum atomic E-state index is 13.0. The van der Waals surface area contributed by atoms with Crippen molar-refractivity contribution in [2.24, 2.45) is 5.92 Å². The molecule has 2 fully saturated rings. The first kappa shape index (κ1) is 16.8. The molecule has 1 saturated heterocycles. The Morgan fingerprint density at radius 1 is 1.16 bits per heavy atom. The third kappa shape index (κ3) is 3.50. The average Bonchev–Trinajstić information content (AvgIpc) is 3.31. The van der Waals surface area contributed by atoms with Gasteiger partial charge in [-0.2, -0.15) is 4.98 Å². The van der Waals surface area contributed by atoms with Gasteiger partial charge in [-0.15, -0.1) is 0 Å². The zero-order chi connectivity index (χ0) is 17.2. The maximum Gasteiger partial charge on any atom is 0.249 e. The second-order valence-electron chi connectivity index (χ2n) is 7.74. The average molecular weight is 344 g/mol. The fraction of sp³-hybridized carbons (Fsp3) is 0.737. The quantitative estimate of drug-likeness (QED) is 0.843. The molecule has 1 aromatic rings. The molecule has 3 aliphatic rings. The fourth-order valence-corrected chi connectivity index (χ4v) is 4.43. The summed E-state index contributed by atoms with van der Waals surface area (Å²) in [5.41, 5.74) is 1.13. The molecule has 6 nitrogen and oxygen atoms in total. The Kier molecular flexibility index (Phi) is 4.88. The predicted molar refractivity (Wildman–Crippen MR) is 94.7 cm³/mol.